The first-order valence-corrected chi connectivity index (χ1v) is 7.42. The fourth-order valence-electron chi connectivity index (χ4n) is 3.00. The third-order valence-corrected chi connectivity index (χ3v) is 4.25. The molecule has 7 heteroatoms. The van der Waals surface area contributed by atoms with Crippen molar-refractivity contribution in [3.05, 3.63) is 29.8 Å². The fraction of sp³-hybridized carbons (Fsp3) is 0.500. The Kier molecular flexibility index (Phi) is 5.18. The maximum Gasteiger partial charge on any atom is 0.387 e. The second-order valence-electron chi connectivity index (χ2n) is 5.91. The molecule has 2 atom stereocenters. The van der Waals surface area contributed by atoms with Crippen LogP contribution in [0.5, 0.6) is 5.75 Å². The van der Waals surface area contributed by atoms with E-state index in [1.165, 1.54) is 24.3 Å². The first kappa shape index (κ1) is 17.2. The van der Waals surface area contributed by atoms with E-state index >= 15 is 0 Å². The lowest BCUT2D eigenvalue weighted by Gasteiger charge is -2.39. The monoisotopic (exact) mass is 327 g/mol. The highest BCUT2D eigenvalue weighted by molar-refractivity contribution is 5.95. The quantitative estimate of drug-likeness (QED) is 0.871. The SMILES string of the molecule is CC1(NC(=O)c2ccc(OC(F)F)cc2)CCCCC1C(=O)O. The highest BCUT2D eigenvalue weighted by Crippen LogP contribution is 2.34. The Hall–Kier alpha value is -2.18. The topological polar surface area (TPSA) is 75.6 Å². The smallest absolute Gasteiger partial charge is 0.387 e. The molecule has 0 aliphatic heterocycles. The van der Waals surface area contributed by atoms with Crippen LogP contribution in [0.1, 0.15) is 43.0 Å². The van der Waals surface area contributed by atoms with E-state index in [4.69, 9.17) is 0 Å². The third kappa shape index (κ3) is 4.18. The summed E-state index contributed by atoms with van der Waals surface area (Å²) in [6.45, 7) is -1.19. The van der Waals surface area contributed by atoms with Gasteiger partial charge < -0.3 is 15.2 Å². The Morgan fingerprint density at radius 2 is 1.96 bits per heavy atom. The summed E-state index contributed by atoms with van der Waals surface area (Å²) in [4.78, 5) is 23.7. The first-order valence-electron chi connectivity index (χ1n) is 7.42. The summed E-state index contributed by atoms with van der Waals surface area (Å²) in [6.07, 6.45) is 2.78. The molecule has 0 aromatic heterocycles. The van der Waals surface area contributed by atoms with Crippen LogP contribution in [-0.4, -0.2) is 29.1 Å². The van der Waals surface area contributed by atoms with Crippen molar-refractivity contribution in [3.8, 4) is 5.75 Å². The van der Waals surface area contributed by atoms with Gasteiger partial charge in [-0.25, -0.2) is 0 Å². The summed E-state index contributed by atoms with van der Waals surface area (Å²) in [6, 6.07) is 5.29. The Balaban J connectivity index is 2.09. The Morgan fingerprint density at radius 1 is 1.30 bits per heavy atom. The summed E-state index contributed by atoms with van der Waals surface area (Å²) in [5.74, 6) is -2.03. The van der Waals surface area contributed by atoms with Gasteiger partial charge in [0.15, 0.2) is 0 Å². The largest absolute Gasteiger partial charge is 0.481 e. The molecule has 2 N–H and O–H groups in total. The normalized spacial score (nSPS) is 24.3. The molecule has 1 fully saturated rings. The van der Waals surface area contributed by atoms with Crippen LogP contribution in [0.4, 0.5) is 8.78 Å². The molecule has 1 amide bonds. The molecule has 0 radical (unpaired) electrons. The number of amides is 1. The Morgan fingerprint density at radius 3 is 2.52 bits per heavy atom. The van der Waals surface area contributed by atoms with Gasteiger partial charge in [-0.2, -0.15) is 8.78 Å². The number of halogens is 2. The van der Waals surface area contributed by atoms with Crippen LogP contribution in [-0.2, 0) is 4.79 Å². The number of alkyl halides is 2. The molecule has 0 spiro atoms. The summed E-state index contributed by atoms with van der Waals surface area (Å²) < 4.78 is 28.4. The Bertz CT molecular complexity index is 576. The molecule has 0 bridgehead atoms. The molecule has 2 unspecified atom stereocenters. The predicted molar refractivity (Wildman–Crippen MR) is 78.5 cm³/mol. The van der Waals surface area contributed by atoms with Crippen LogP contribution in [0.15, 0.2) is 24.3 Å². The zero-order valence-corrected chi connectivity index (χ0v) is 12.7. The van der Waals surface area contributed by atoms with E-state index in [1.807, 2.05) is 0 Å². The van der Waals surface area contributed by atoms with Crippen LogP contribution in [0.2, 0.25) is 0 Å². The number of carboxylic acids is 1. The van der Waals surface area contributed by atoms with E-state index in [9.17, 15) is 23.5 Å². The molecule has 1 aromatic carbocycles. The standard InChI is InChI=1S/C16H19F2NO4/c1-16(9-3-2-4-12(16)14(21)22)19-13(20)10-5-7-11(8-6-10)23-15(17)18/h5-8,12,15H,2-4,9H2,1H3,(H,19,20)(H,21,22). The van der Waals surface area contributed by atoms with Crippen LogP contribution < -0.4 is 10.1 Å². The number of carbonyl (C=O) groups is 2. The van der Waals surface area contributed by atoms with Gasteiger partial charge in [-0.15, -0.1) is 0 Å². The molecule has 1 aliphatic rings. The highest BCUT2D eigenvalue weighted by Gasteiger charge is 2.42. The van der Waals surface area contributed by atoms with E-state index in [-0.39, 0.29) is 11.3 Å². The molecular weight excluding hydrogens is 308 g/mol. The second kappa shape index (κ2) is 6.93. The molecule has 2 rings (SSSR count). The maximum atomic E-state index is 12.3. The summed E-state index contributed by atoms with van der Waals surface area (Å²) >= 11 is 0. The summed E-state index contributed by atoms with van der Waals surface area (Å²) in [7, 11) is 0. The van der Waals surface area contributed by atoms with Gasteiger partial charge >= 0.3 is 12.6 Å². The number of hydrogen-bond acceptors (Lipinski definition) is 3. The number of carboxylic acid groups (broad SMARTS) is 1. The van der Waals surface area contributed by atoms with Gasteiger partial charge in [-0.05, 0) is 44.0 Å². The van der Waals surface area contributed by atoms with Gasteiger partial charge in [-0.1, -0.05) is 12.8 Å². The van der Waals surface area contributed by atoms with Crippen molar-refractivity contribution < 1.29 is 28.2 Å². The average molecular weight is 327 g/mol. The zero-order valence-electron chi connectivity index (χ0n) is 12.7. The van der Waals surface area contributed by atoms with Gasteiger partial charge in [0.2, 0.25) is 0 Å². The van der Waals surface area contributed by atoms with E-state index in [2.05, 4.69) is 10.1 Å². The number of aliphatic carboxylic acids is 1. The lowest BCUT2D eigenvalue weighted by Crippen LogP contribution is -2.55. The van der Waals surface area contributed by atoms with Crippen LogP contribution >= 0.6 is 0 Å². The van der Waals surface area contributed by atoms with Crippen LogP contribution in [0.3, 0.4) is 0 Å². The molecule has 126 valence electrons. The van der Waals surface area contributed by atoms with Gasteiger partial charge in [0.1, 0.15) is 5.75 Å². The van der Waals surface area contributed by atoms with E-state index < -0.39 is 29.9 Å². The van der Waals surface area contributed by atoms with Crippen molar-refractivity contribution in [2.45, 2.75) is 44.8 Å². The van der Waals surface area contributed by atoms with E-state index in [0.717, 1.165) is 12.8 Å². The number of ether oxygens (including phenoxy) is 1. The van der Waals surface area contributed by atoms with E-state index in [1.54, 1.807) is 6.92 Å². The van der Waals surface area contributed by atoms with Crippen LogP contribution in [0, 0.1) is 5.92 Å². The number of benzene rings is 1. The number of hydrogen-bond donors (Lipinski definition) is 2. The van der Waals surface area contributed by atoms with Crippen molar-refractivity contribution in [2.24, 2.45) is 5.92 Å². The van der Waals surface area contributed by atoms with Crippen molar-refractivity contribution in [1.29, 1.82) is 0 Å². The highest BCUT2D eigenvalue weighted by atomic mass is 19.3. The van der Waals surface area contributed by atoms with Gasteiger partial charge in [0.25, 0.3) is 5.91 Å². The minimum absolute atomic E-state index is 0.0381. The molecule has 1 aliphatic carbocycles. The second-order valence-corrected chi connectivity index (χ2v) is 5.91. The predicted octanol–water partition coefficient (Wildman–Crippen LogP) is 3.05. The Labute approximate surface area is 132 Å². The number of nitrogens with one attached hydrogen (secondary N) is 1. The van der Waals surface area contributed by atoms with Crippen molar-refractivity contribution in [2.75, 3.05) is 0 Å². The van der Waals surface area contributed by atoms with Gasteiger partial charge in [0.05, 0.1) is 11.5 Å². The molecule has 1 saturated carbocycles. The molecule has 1 aromatic rings. The number of rotatable bonds is 5. The minimum Gasteiger partial charge on any atom is -0.481 e. The zero-order chi connectivity index (χ0) is 17.0. The minimum atomic E-state index is -2.92. The molecule has 5 nitrogen and oxygen atoms in total. The lowest BCUT2D eigenvalue weighted by molar-refractivity contribution is -0.145. The fourth-order valence-corrected chi connectivity index (χ4v) is 3.00. The molecular formula is C16H19F2NO4. The van der Waals surface area contributed by atoms with Crippen LogP contribution in [0.25, 0.3) is 0 Å². The van der Waals surface area contributed by atoms with Gasteiger partial charge in [0, 0.05) is 5.56 Å². The molecule has 23 heavy (non-hydrogen) atoms. The lowest BCUT2D eigenvalue weighted by atomic mass is 9.73. The summed E-state index contributed by atoms with van der Waals surface area (Å²) in [5.41, 5.74) is -0.554. The molecule has 0 saturated heterocycles. The maximum absolute atomic E-state index is 12.3. The van der Waals surface area contributed by atoms with Crippen molar-refractivity contribution in [1.82, 2.24) is 5.32 Å². The van der Waals surface area contributed by atoms with Crippen molar-refractivity contribution in [3.63, 3.8) is 0 Å². The average Bonchev–Trinajstić information content (AvgIpc) is 2.47. The third-order valence-electron chi connectivity index (χ3n) is 4.25. The number of carbonyl (C=O) groups excluding carboxylic acids is 1. The first-order chi connectivity index (χ1) is 10.8. The van der Waals surface area contributed by atoms with Crippen molar-refractivity contribution >= 4 is 11.9 Å². The van der Waals surface area contributed by atoms with E-state index in [0.29, 0.717) is 12.8 Å². The summed E-state index contributed by atoms with van der Waals surface area (Å²) in [5, 5.41) is 12.1. The van der Waals surface area contributed by atoms with Gasteiger partial charge in [-0.3, -0.25) is 9.59 Å². The molecule has 0 heterocycles.